The van der Waals surface area contributed by atoms with Gasteiger partial charge in [-0.15, -0.1) is 17.9 Å². The fourth-order valence-corrected chi connectivity index (χ4v) is 5.48. The molecule has 0 radical (unpaired) electrons. The van der Waals surface area contributed by atoms with Crippen molar-refractivity contribution >= 4 is 33.2 Å². The normalized spacial score (nSPS) is 18.0. The maximum Gasteiger partial charge on any atom is 0.247 e. The van der Waals surface area contributed by atoms with Gasteiger partial charge in [0.05, 0.1) is 22.2 Å². The van der Waals surface area contributed by atoms with E-state index in [0.717, 1.165) is 22.0 Å². The number of ether oxygens (including phenoxy) is 1. The minimum absolute atomic E-state index is 0.0188. The fourth-order valence-electron chi connectivity index (χ4n) is 3.15. The third kappa shape index (κ3) is 6.01. The summed E-state index contributed by atoms with van der Waals surface area (Å²) in [6, 6.07) is 7.12. The zero-order valence-corrected chi connectivity index (χ0v) is 17.9. The zero-order valence-electron chi connectivity index (χ0n) is 16.3. The molecule has 2 aromatic rings. The lowest BCUT2D eigenvalue weighted by atomic mass is 10.2. The van der Waals surface area contributed by atoms with Gasteiger partial charge >= 0.3 is 0 Å². The molecule has 0 bridgehead atoms. The number of carbonyl (C=O) groups is 1. The third-order valence-electron chi connectivity index (χ3n) is 4.61. The Bertz CT molecular complexity index is 994. The Morgan fingerprint density at radius 2 is 2.14 bits per heavy atom. The second-order valence-corrected chi connectivity index (χ2v) is 10.2. The lowest BCUT2D eigenvalue weighted by Gasteiger charge is -2.25. The predicted molar refractivity (Wildman–Crippen MR) is 116 cm³/mol. The number of aryl methyl sites for hydroxylation is 1. The molecule has 1 aliphatic rings. The van der Waals surface area contributed by atoms with E-state index < -0.39 is 9.84 Å². The second kappa shape index (κ2) is 9.37. The van der Waals surface area contributed by atoms with Crippen molar-refractivity contribution in [2.75, 3.05) is 18.1 Å². The maximum atomic E-state index is 12.6. The van der Waals surface area contributed by atoms with E-state index in [9.17, 15) is 13.2 Å². The van der Waals surface area contributed by atoms with Crippen molar-refractivity contribution in [1.29, 1.82) is 0 Å². The number of amides is 1. The summed E-state index contributed by atoms with van der Waals surface area (Å²) in [5.74, 6) is 0.657. The van der Waals surface area contributed by atoms with E-state index in [1.807, 2.05) is 36.6 Å². The summed E-state index contributed by atoms with van der Waals surface area (Å²) in [6.07, 6.45) is 5.28. The van der Waals surface area contributed by atoms with Gasteiger partial charge in [0.25, 0.3) is 0 Å². The van der Waals surface area contributed by atoms with Crippen LogP contribution < -0.4 is 4.74 Å². The van der Waals surface area contributed by atoms with Crippen LogP contribution in [0.1, 0.15) is 22.7 Å². The molecule has 29 heavy (non-hydrogen) atoms. The van der Waals surface area contributed by atoms with E-state index >= 15 is 0 Å². The number of benzene rings is 1. The standard InChI is InChI=1S/C21H24N2O4S2/c1-3-11-23(19-10-12-29(25,26)15-19)21(24)9-6-17-4-7-20(8-5-17)27-13-18-14-28-16(2)22-18/h3-9,14,19H,1,10-13,15H2,2H3. The first kappa shape index (κ1) is 21.3. The summed E-state index contributed by atoms with van der Waals surface area (Å²) < 4.78 is 29.2. The highest BCUT2D eigenvalue weighted by molar-refractivity contribution is 7.91. The number of sulfone groups is 1. The molecule has 0 aliphatic carbocycles. The van der Waals surface area contributed by atoms with Crippen molar-refractivity contribution in [2.45, 2.75) is 26.0 Å². The zero-order chi connectivity index (χ0) is 20.9. The van der Waals surface area contributed by atoms with Crippen molar-refractivity contribution in [1.82, 2.24) is 9.88 Å². The van der Waals surface area contributed by atoms with Crippen LogP contribution in [0.3, 0.4) is 0 Å². The summed E-state index contributed by atoms with van der Waals surface area (Å²) in [7, 11) is -3.06. The number of hydrogen-bond acceptors (Lipinski definition) is 6. The molecule has 2 heterocycles. The fraction of sp³-hybridized carbons (Fsp3) is 0.333. The minimum Gasteiger partial charge on any atom is -0.487 e. The smallest absolute Gasteiger partial charge is 0.247 e. The number of hydrogen-bond donors (Lipinski definition) is 0. The van der Waals surface area contributed by atoms with Crippen LogP contribution in [-0.4, -0.2) is 48.3 Å². The van der Waals surface area contributed by atoms with Crippen LogP contribution in [0.4, 0.5) is 0 Å². The molecule has 6 nitrogen and oxygen atoms in total. The van der Waals surface area contributed by atoms with Crippen molar-refractivity contribution in [3.8, 4) is 5.75 Å². The van der Waals surface area contributed by atoms with Gasteiger partial charge in [0.15, 0.2) is 9.84 Å². The molecule has 1 aromatic carbocycles. The second-order valence-electron chi connectivity index (χ2n) is 6.89. The van der Waals surface area contributed by atoms with Crippen molar-refractivity contribution in [3.63, 3.8) is 0 Å². The number of aromatic nitrogens is 1. The Morgan fingerprint density at radius 1 is 1.38 bits per heavy atom. The van der Waals surface area contributed by atoms with E-state index in [2.05, 4.69) is 11.6 Å². The average molecular weight is 433 g/mol. The van der Waals surface area contributed by atoms with Crippen LogP contribution in [-0.2, 0) is 21.2 Å². The van der Waals surface area contributed by atoms with Crippen molar-refractivity contribution in [3.05, 3.63) is 64.6 Å². The summed E-state index contributed by atoms with van der Waals surface area (Å²) in [5.41, 5.74) is 1.76. The highest BCUT2D eigenvalue weighted by Gasteiger charge is 2.33. The van der Waals surface area contributed by atoms with Gasteiger partial charge in [-0.05, 0) is 37.1 Å². The number of thiazole rings is 1. The molecule has 1 fully saturated rings. The molecule has 0 saturated carbocycles. The first-order valence-electron chi connectivity index (χ1n) is 9.30. The van der Waals surface area contributed by atoms with Gasteiger partial charge < -0.3 is 9.64 Å². The van der Waals surface area contributed by atoms with E-state index in [1.54, 1.807) is 28.4 Å². The van der Waals surface area contributed by atoms with Gasteiger partial charge in [-0.2, -0.15) is 0 Å². The van der Waals surface area contributed by atoms with Gasteiger partial charge in [0.1, 0.15) is 12.4 Å². The number of rotatable bonds is 8. The highest BCUT2D eigenvalue weighted by atomic mass is 32.2. The van der Waals surface area contributed by atoms with Gasteiger partial charge in [0.2, 0.25) is 5.91 Å². The Hall–Kier alpha value is -2.45. The average Bonchev–Trinajstić information content (AvgIpc) is 3.28. The van der Waals surface area contributed by atoms with Crippen LogP contribution in [0.25, 0.3) is 6.08 Å². The van der Waals surface area contributed by atoms with Gasteiger partial charge in [-0.1, -0.05) is 18.2 Å². The molecule has 1 aliphatic heterocycles. The molecule has 154 valence electrons. The van der Waals surface area contributed by atoms with Crippen LogP contribution in [0.5, 0.6) is 5.75 Å². The monoisotopic (exact) mass is 432 g/mol. The summed E-state index contributed by atoms with van der Waals surface area (Å²) in [5, 5.41) is 2.98. The lowest BCUT2D eigenvalue weighted by molar-refractivity contribution is -0.127. The Morgan fingerprint density at radius 3 is 2.72 bits per heavy atom. The van der Waals surface area contributed by atoms with E-state index in [-0.39, 0.29) is 23.5 Å². The third-order valence-corrected chi connectivity index (χ3v) is 7.18. The SMILES string of the molecule is C=CCN(C(=O)C=Cc1ccc(OCc2csc(C)n2)cc1)C1CCS(=O)(=O)C1. The lowest BCUT2D eigenvalue weighted by Crippen LogP contribution is -2.40. The van der Waals surface area contributed by atoms with Gasteiger partial charge in [0, 0.05) is 24.0 Å². The van der Waals surface area contributed by atoms with E-state index in [1.165, 1.54) is 6.08 Å². The molecule has 0 N–H and O–H groups in total. The molecule has 1 amide bonds. The van der Waals surface area contributed by atoms with Crippen molar-refractivity contribution in [2.24, 2.45) is 0 Å². The molecule has 1 aromatic heterocycles. The summed E-state index contributed by atoms with van der Waals surface area (Å²) in [4.78, 5) is 18.5. The summed E-state index contributed by atoms with van der Waals surface area (Å²) in [6.45, 7) is 6.37. The van der Waals surface area contributed by atoms with Gasteiger partial charge in [-0.25, -0.2) is 13.4 Å². The Balaban J connectivity index is 1.59. The van der Waals surface area contributed by atoms with Crippen LogP contribution in [0, 0.1) is 6.92 Å². The Kier molecular flexibility index (Phi) is 6.87. The largest absolute Gasteiger partial charge is 0.487 e. The Labute approximate surface area is 175 Å². The number of nitrogens with zero attached hydrogens (tertiary/aromatic N) is 2. The first-order chi connectivity index (χ1) is 13.9. The highest BCUT2D eigenvalue weighted by Crippen LogP contribution is 2.19. The van der Waals surface area contributed by atoms with Crippen LogP contribution in [0.2, 0.25) is 0 Å². The molecule has 3 rings (SSSR count). The molecule has 1 unspecified atom stereocenters. The maximum absolute atomic E-state index is 12.6. The summed E-state index contributed by atoms with van der Waals surface area (Å²) >= 11 is 1.59. The predicted octanol–water partition coefficient (Wildman–Crippen LogP) is 3.25. The molecular formula is C21H24N2O4S2. The number of carbonyl (C=O) groups excluding carboxylic acids is 1. The van der Waals surface area contributed by atoms with Crippen LogP contribution >= 0.6 is 11.3 Å². The minimum atomic E-state index is -3.06. The molecule has 1 atom stereocenters. The topological polar surface area (TPSA) is 76.6 Å². The van der Waals surface area contributed by atoms with E-state index in [4.69, 9.17) is 4.74 Å². The molecule has 8 heteroatoms. The molecular weight excluding hydrogens is 408 g/mol. The molecule has 1 saturated heterocycles. The van der Waals surface area contributed by atoms with E-state index in [0.29, 0.717) is 19.6 Å². The molecule has 0 spiro atoms. The first-order valence-corrected chi connectivity index (χ1v) is 12.0. The van der Waals surface area contributed by atoms with Crippen molar-refractivity contribution < 1.29 is 17.9 Å². The van der Waals surface area contributed by atoms with Crippen LogP contribution in [0.15, 0.2) is 48.4 Å². The quantitative estimate of drug-likeness (QED) is 0.473. The van der Waals surface area contributed by atoms with Gasteiger partial charge in [-0.3, -0.25) is 4.79 Å².